The summed E-state index contributed by atoms with van der Waals surface area (Å²) in [7, 11) is 1.37. The summed E-state index contributed by atoms with van der Waals surface area (Å²) in [6, 6.07) is 4.29. The number of hydrogen-bond acceptors (Lipinski definition) is 3. The maximum absolute atomic E-state index is 13.3. The number of halogens is 1. The van der Waals surface area contributed by atoms with E-state index in [1.807, 2.05) is 0 Å². The third kappa shape index (κ3) is 1.67. The third-order valence-corrected chi connectivity index (χ3v) is 3.38. The lowest BCUT2D eigenvalue weighted by atomic mass is 9.98. The molecule has 0 amide bonds. The van der Waals surface area contributed by atoms with Crippen LogP contribution in [-0.2, 0) is 22.5 Å². The van der Waals surface area contributed by atoms with Crippen LogP contribution in [-0.4, -0.2) is 24.1 Å². The Morgan fingerprint density at radius 2 is 2.33 bits per heavy atom. The molecule has 1 aliphatic rings. The van der Waals surface area contributed by atoms with Crippen LogP contribution in [0, 0.1) is 5.82 Å². The van der Waals surface area contributed by atoms with Crippen LogP contribution in [0.25, 0.3) is 10.9 Å². The predicted octanol–water partition coefficient (Wildman–Crippen LogP) is 1.49. The van der Waals surface area contributed by atoms with Gasteiger partial charge in [0.1, 0.15) is 11.9 Å². The van der Waals surface area contributed by atoms with E-state index in [2.05, 4.69) is 10.3 Å². The van der Waals surface area contributed by atoms with Crippen LogP contribution in [0.1, 0.15) is 11.3 Å². The number of rotatable bonds is 1. The van der Waals surface area contributed by atoms with Crippen molar-refractivity contribution in [1.82, 2.24) is 10.3 Å². The number of aromatic amines is 1. The van der Waals surface area contributed by atoms with Gasteiger partial charge in [-0.25, -0.2) is 4.39 Å². The predicted molar refractivity (Wildman–Crippen MR) is 64.6 cm³/mol. The molecule has 94 valence electrons. The van der Waals surface area contributed by atoms with Crippen molar-refractivity contribution in [2.45, 2.75) is 19.0 Å². The summed E-state index contributed by atoms with van der Waals surface area (Å²) in [4.78, 5) is 14.8. The molecule has 0 spiro atoms. The molecule has 2 N–H and O–H groups in total. The van der Waals surface area contributed by atoms with E-state index < -0.39 is 0 Å². The molecule has 2 heterocycles. The molecular formula is C13H13FN2O2. The summed E-state index contributed by atoms with van der Waals surface area (Å²) in [6.07, 6.45) is 0.519. The van der Waals surface area contributed by atoms with Crippen LogP contribution < -0.4 is 5.32 Å². The second-order valence-corrected chi connectivity index (χ2v) is 4.43. The molecule has 0 fully saturated rings. The van der Waals surface area contributed by atoms with Gasteiger partial charge in [-0.05, 0) is 23.8 Å². The number of benzene rings is 1. The van der Waals surface area contributed by atoms with Crippen molar-refractivity contribution in [2.24, 2.45) is 0 Å². The van der Waals surface area contributed by atoms with Crippen molar-refractivity contribution < 1.29 is 13.9 Å². The Morgan fingerprint density at radius 3 is 3.11 bits per heavy atom. The van der Waals surface area contributed by atoms with Gasteiger partial charge in [0.2, 0.25) is 0 Å². The van der Waals surface area contributed by atoms with E-state index in [4.69, 9.17) is 4.74 Å². The van der Waals surface area contributed by atoms with Crippen LogP contribution >= 0.6 is 0 Å². The summed E-state index contributed by atoms with van der Waals surface area (Å²) in [5.74, 6) is -0.552. The zero-order valence-corrected chi connectivity index (χ0v) is 9.92. The average molecular weight is 248 g/mol. The minimum Gasteiger partial charge on any atom is -0.468 e. The minimum absolute atomic E-state index is 0.266. The van der Waals surface area contributed by atoms with Gasteiger partial charge in [-0.1, -0.05) is 0 Å². The van der Waals surface area contributed by atoms with Crippen LogP contribution in [0.5, 0.6) is 0 Å². The normalized spacial score (nSPS) is 18.7. The van der Waals surface area contributed by atoms with Crippen molar-refractivity contribution in [2.75, 3.05) is 7.11 Å². The molecule has 1 aromatic carbocycles. The second kappa shape index (κ2) is 4.10. The largest absolute Gasteiger partial charge is 0.468 e. The second-order valence-electron chi connectivity index (χ2n) is 4.43. The molecule has 2 aromatic rings. The number of fused-ring (bicyclic) bond motifs is 3. The fourth-order valence-electron chi connectivity index (χ4n) is 2.47. The summed E-state index contributed by atoms with van der Waals surface area (Å²) in [5.41, 5.74) is 2.91. The maximum Gasteiger partial charge on any atom is 0.323 e. The highest BCUT2D eigenvalue weighted by Crippen LogP contribution is 2.27. The van der Waals surface area contributed by atoms with Crippen molar-refractivity contribution in [3.63, 3.8) is 0 Å². The van der Waals surface area contributed by atoms with E-state index in [1.54, 1.807) is 6.07 Å². The minimum atomic E-state index is -0.357. The van der Waals surface area contributed by atoms with Gasteiger partial charge in [-0.2, -0.15) is 0 Å². The lowest BCUT2D eigenvalue weighted by Crippen LogP contribution is -2.42. The number of carbonyl (C=O) groups is 1. The fraction of sp³-hybridized carbons (Fsp3) is 0.308. The van der Waals surface area contributed by atoms with Crippen molar-refractivity contribution in [1.29, 1.82) is 0 Å². The van der Waals surface area contributed by atoms with Gasteiger partial charge >= 0.3 is 5.97 Å². The number of hydrogen-bond donors (Lipinski definition) is 2. The number of carbonyl (C=O) groups excluding carboxylic acids is 1. The van der Waals surface area contributed by atoms with Gasteiger partial charge in [-0.3, -0.25) is 10.1 Å². The van der Waals surface area contributed by atoms with E-state index in [1.165, 1.54) is 19.2 Å². The van der Waals surface area contributed by atoms with Gasteiger partial charge in [0.05, 0.1) is 7.11 Å². The summed E-state index contributed by atoms with van der Waals surface area (Å²) < 4.78 is 18.0. The summed E-state index contributed by atoms with van der Waals surface area (Å²) in [5, 5.41) is 3.95. The first-order valence-electron chi connectivity index (χ1n) is 5.79. The van der Waals surface area contributed by atoms with Crippen LogP contribution in [0.4, 0.5) is 4.39 Å². The first-order chi connectivity index (χ1) is 8.69. The number of esters is 1. The Balaban J connectivity index is 2.05. The zero-order chi connectivity index (χ0) is 12.7. The Bertz CT molecular complexity index is 621. The van der Waals surface area contributed by atoms with Gasteiger partial charge in [0.25, 0.3) is 0 Å². The Labute approximate surface area is 103 Å². The SMILES string of the molecule is COC(=O)[C@@H]1Cc2c([nH]c3ccc(F)cc23)CN1. The molecular weight excluding hydrogens is 235 g/mol. The van der Waals surface area contributed by atoms with Crippen molar-refractivity contribution in [3.05, 3.63) is 35.3 Å². The van der Waals surface area contributed by atoms with Gasteiger partial charge in [0, 0.05) is 29.6 Å². The summed E-state index contributed by atoms with van der Waals surface area (Å²) >= 11 is 0. The number of H-pyrrole nitrogens is 1. The molecule has 0 aliphatic carbocycles. The molecule has 3 rings (SSSR count). The quantitative estimate of drug-likeness (QED) is 0.752. The van der Waals surface area contributed by atoms with E-state index in [-0.39, 0.29) is 17.8 Å². The first-order valence-corrected chi connectivity index (χ1v) is 5.79. The highest BCUT2D eigenvalue weighted by Gasteiger charge is 2.27. The molecule has 5 heteroatoms. The standard InChI is InChI=1S/C13H13FN2O2/c1-18-13(17)11-5-9-8-4-7(14)2-3-10(8)16-12(9)6-15-11/h2-4,11,15-16H,5-6H2,1H3/t11-/m0/s1. The van der Waals surface area contributed by atoms with E-state index in [0.29, 0.717) is 13.0 Å². The topological polar surface area (TPSA) is 54.1 Å². The lowest BCUT2D eigenvalue weighted by molar-refractivity contribution is -0.143. The van der Waals surface area contributed by atoms with Crippen molar-refractivity contribution in [3.8, 4) is 0 Å². The molecule has 18 heavy (non-hydrogen) atoms. The van der Waals surface area contributed by atoms with Gasteiger partial charge in [0.15, 0.2) is 0 Å². The fourth-order valence-corrected chi connectivity index (χ4v) is 2.47. The van der Waals surface area contributed by atoms with Crippen molar-refractivity contribution >= 4 is 16.9 Å². The number of aromatic nitrogens is 1. The number of ether oxygens (including phenoxy) is 1. The van der Waals surface area contributed by atoms with E-state index in [0.717, 1.165) is 22.2 Å². The molecule has 4 nitrogen and oxygen atoms in total. The summed E-state index contributed by atoms with van der Waals surface area (Å²) in [6.45, 7) is 0.561. The molecule has 0 bridgehead atoms. The van der Waals surface area contributed by atoms with Gasteiger partial charge in [-0.15, -0.1) is 0 Å². The Morgan fingerprint density at radius 1 is 1.50 bits per heavy atom. The molecule has 0 saturated heterocycles. The number of methoxy groups -OCH3 is 1. The number of nitrogens with one attached hydrogen (secondary N) is 2. The molecule has 0 radical (unpaired) electrons. The zero-order valence-electron chi connectivity index (χ0n) is 9.92. The van der Waals surface area contributed by atoms with E-state index in [9.17, 15) is 9.18 Å². The Kier molecular flexibility index (Phi) is 2.56. The van der Waals surface area contributed by atoms with E-state index >= 15 is 0 Å². The Hall–Kier alpha value is -1.88. The highest BCUT2D eigenvalue weighted by molar-refractivity contribution is 5.86. The van der Waals surface area contributed by atoms with Crippen LogP contribution in [0.3, 0.4) is 0 Å². The van der Waals surface area contributed by atoms with Crippen LogP contribution in [0.15, 0.2) is 18.2 Å². The smallest absolute Gasteiger partial charge is 0.323 e. The molecule has 1 atom stereocenters. The first kappa shape index (κ1) is 11.2. The lowest BCUT2D eigenvalue weighted by Gasteiger charge is -2.21. The molecule has 0 unspecified atom stereocenters. The van der Waals surface area contributed by atoms with Crippen LogP contribution in [0.2, 0.25) is 0 Å². The average Bonchev–Trinajstić information content (AvgIpc) is 2.75. The maximum atomic E-state index is 13.3. The van der Waals surface area contributed by atoms with Gasteiger partial charge < -0.3 is 9.72 Å². The third-order valence-electron chi connectivity index (χ3n) is 3.38. The molecule has 1 aliphatic heterocycles. The molecule has 0 saturated carbocycles. The highest BCUT2D eigenvalue weighted by atomic mass is 19.1. The monoisotopic (exact) mass is 248 g/mol. The molecule has 1 aromatic heterocycles.